The van der Waals surface area contributed by atoms with Crippen LogP contribution in [0.4, 0.5) is 5.69 Å². The van der Waals surface area contributed by atoms with E-state index < -0.39 is 0 Å². The largest absolute Gasteiger partial charge is 0.381 e. The molecule has 1 saturated carbocycles. The molecule has 1 aliphatic carbocycles. The first-order chi connectivity index (χ1) is 8.20. The van der Waals surface area contributed by atoms with E-state index in [-0.39, 0.29) is 0 Å². The maximum Gasteiger partial charge on any atom is 0.0992 e. The van der Waals surface area contributed by atoms with E-state index in [0.717, 1.165) is 11.6 Å². The molecule has 0 aliphatic heterocycles. The molecule has 1 aromatic rings. The summed E-state index contributed by atoms with van der Waals surface area (Å²) in [5.74, 6) is 0.733. The molecule has 3 heteroatoms. The molecule has 90 valence electrons. The standard InChI is InChI=1S/C14H17ClN2/c1-10(12-4-2-3-5-12)17-14-8-11(9-16)6-7-13(14)15/h6-8,10,12,17H,2-5H2,1H3. The van der Waals surface area contributed by atoms with E-state index in [4.69, 9.17) is 16.9 Å². The lowest BCUT2D eigenvalue weighted by molar-refractivity contribution is 0.482. The highest BCUT2D eigenvalue weighted by Gasteiger charge is 2.21. The van der Waals surface area contributed by atoms with E-state index in [1.54, 1.807) is 12.1 Å². The molecule has 0 heterocycles. The SMILES string of the molecule is CC(Nc1cc(C#N)ccc1Cl)C1CCCC1. The molecule has 2 rings (SSSR count). The Morgan fingerprint density at radius 2 is 2.12 bits per heavy atom. The van der Waals surface area contributed by atoms with Gasteiger partial charge in [0.25, 0.3) is 0 Å². The Balaban J connectivity index is 2.09. The Kier molecular flexibility index (Phi) is 3.91. The zero-order valence-electron chi connectivity index (χ0n) is 10.0. The average Bonchev–Trinajstić information content (AvgIpc) is 2.85. The summed E-state index contributed by atoms with van der Waals surface area (Å²) in [6, 6.07) is 7.91. The van der Waals surface area contributed by atoms with Gasteiger partial charge >= 0.3 is 0 Å². The van der Waals surface area contributed by atoms with Crippen molar-refractivity contribution in [1.82, 2.24) is 0 Å². The minimum Gasteiger partial charge on any atom is -0.381 e. The molecule has 0 bridgehead atoms. The van der Waals surface area contributed by atoms with Crippen LogP contribution in [0.1, 0.15) is 38.2 Å². The van der Waals surface area contributed by atoms with Gasteiger partial charge in [-0.05, 0) is 43.9 Å². The van der Waals surface area contributed by atoms with E-state index in [9.17, 15) is 0 Å². The van der Waals surface area contributed by atoms with Gasteiger partial charge in [-0.2, -0.15) is 5.26 Å². The van der Waals surface area contributed by atoms with Gasteiger partial charge in [0.1, 0.15) is 0 Å². The Bertz CT molecular complexity index is 430. The van der Waals surface area contributed by atoms with Gasteiger partial charge in [-0.3, -0.25) is 0 Å². The maximum atomic E-state index is 8.88. The zero-order chi connectivity index (χ0) is 12.3. The lowest BCUT2D eigenvalue weighted by Gasteiger charge is -2.22. The van der Waals surface area contributed by atoms with Crippen molar-refractivity contribution in [1.29, 1.82) is 5.26 Å². The molecule has 1 aromatic carbocycles. The summed E-state index contributed by atoms with van der Waals surface area (Å²) in [7, 11) is 0. The number of rotatable bonds is 3. The molecule has 17 heavy (non-hydrogen) atoms. The fourth-order valence-electron chi connectivity index (χ4n) is 2.53. The van der Waals surface area contributed by atoms with Gasteiger partial charge in [0.2, 0.25) is 0 Å². The van der Waals surface area contributed by atoms with Crippen LogP contribution in [-0.4, -0.2) is 6.04 Å². The van der Waals surface area contributed by atoms with Crippen LogP contribution < -0.4 is 5.32 Å². The number of nitriles is 1. The Labute approximate surface area is 108 Å². The molecule has 0 aromatic heterocycles. The van der Waals surface area contributed by atoms with Crippen molar-refractivity contribution in [2.24, 2.45) is 5.92 Å². The van der Waals surface area contributed by atoms with Crippen molar-refractivity contribution in [3.63, 3.8) is 0 Å². The molecule has 2 nitrogen and oxygen atoms in total. The number of benzene rings is 1. The summed E-state index contributed by atoms with van der Waals surface area (Å²) >= 11 is 6.13. The summed E-state index contributed by atoms with van der Waals surface area (Å²) in [5, 5.41) is 13.0. The predicted molar refractivity (Wildman–Crippen MR) is 71.2 cm³/mol. The van der Waals surface area contributed by atoms with E-state index in [1.807, 2.05) is 6.07 Å². The highest BCUT2D eigenvalue weighted by molar-refractivity contribution is 6.33. The van der Waals surface area contributed by atoms with Gasteiger partial charge in [0, 0.05) is 6.04 Å². The maximum absolute atomic E-state index is 8.88. The molecule has 0 saturated heterocycles. The third-order valence-corrected chi connectivity index (χ3v) is 3.92. The predicted octanol–water partition coefficient (Wildman–Crippen LogP) is 4.20. The van der Waals surface area contributed by atoms with Crippen molar-refractivity contribution in [2.75, 3.05) is 5.32 Å². The van der Waals surface area contributed by atoms with Crippen molar-refractivity contribution in [3.8, 4) is 6.07 Å². The van der Waals surface area contributed by atoms with Crippen LogP contribution in [0.2, 0.25) is 5.02 Å². The van der Waals surface area contributed by atoms with Crippen molar-refractivity contribution >= 4 is 17.3 Å². The smallest absolute Gasteiger partial charge is 0.0992 e. The van der Waals surface area contributed by atoms with Crippen molar-refractivity contribution in [2.45, 2.75) is 38.6 Å². The number of halogens is 1. The first-order valence-corrected chi connectivity index (χ1v) is 6.54. The van der Waals surface area contributed by atoms with Crippen LogP contribution in [0, 0.1) is 17.2 Å². The van der Waals surface area contributed by atoms with Crippen molar-refractivity contribution in [3.05, 3.63) is 28.8 Å². The van der Waals surface area contributed by atoms with Gasteiger partial charge < -0.3 is 5.32 Å². The van der Waals surface area contributed by atoms with E-state index in [0.29, 0.717) is 16.6 Å². The van der Waals surface area contributed by atoms with Crippen LogP contribution in [0.5, 0.6) is 0 Å². The molecule has 0 spiro atoms. The van der Waals surface area contributed by atoms with Crippen LogP contribution in [0.15, 0.2) is 18.2 Å². The minimum atomic E-state index is 0.420. The topological polar surface area (TPSA) is 35.8 Å². The average molecular weight is 249 g/mol. The third-order valence-electron chi connectivity index (χ3n) is 3.59. The lowest BCUT2D eigenvalue weighted by atomic mass is 9.99. The molecule has 0 amide bonds. The van der Waals surface area contributed by atoms with E-state index in [2.05, 4.69) is 18.3 Å². The van der Waals surface area contributed by atoms with Gasteiger partial charge in [-0.1, -0.05) is 24.4 Å². The normalized spacial score (nSPS) is 17.7. The summed E-state index contributed by atoms with van der Waals surface area (Å²) in [6.45, 7) is 2.20. The number of anilines is 1. The molecular formula is C14H17ClN2. The van der Waals surface area contributed by atoms with Gasteiger partial charge in [0.15, 0.2) is 0 Å². The Morgan fingerprint density at radius 1 is 1.41 bits per heavy atom. The Hall–Kier alpha value is -1.20. The molecule has 1 fully saturated rings. The highest BCUT2D eigenvalue weighted by atomic mass is 35.5. The van der Waals surface area contributed by atoms with Crippen LogP contribution in [-0.2, 0) is 0 Å². The first kappa shape index (κ1) is 12.3. The molecule has 1 N–H and O–H groups in total. The van der Waals surface area contributed by atoms with Gasteiger partial charge in [0.05, 0.1) is 22.3 Å². The molecular weight excluding hydrogens is 232 g/mol. The third kappa shape index (κ3) is 2.92. The van der Waals surface area contributed by atoms with E-state index >= 15 is 0 Å². The van der Waals surface area contributed by atoms with E-state index in [1.165, 1.54) is 25.7 Å². The molecule has 1 unspecified atom stereocenters. The highest BCUT2D eigenvalue weighted by Crippen LogP contribution is 2.31. The lowest BCUT2D eigenvalue weighted by Crippen LogP contribution is -2.23. The second-order valence-corrected chi connectivity index (χ2v) is 5.19. The fourth-order valence-corrected chi connectivity index (χ4v) is 2.70. The number of hydrogen-bond acceptors (Lipinski definition) is 2. The van der Waals surface area contributed by atoms with Crippen LogP contribution in [0.25, 0.3) is 0 Å². The van der Waals surface area contributed by atoms with Gasteiger partial charge in [-0.15, -0.1) is 0 Å². The number of hydrogen-bond donors (Lipinski definition) is 1. The second-order valence-electron chi connectivity index (χ2n) is 4.78. The Morgan fingerprint density at radius 3 is 2.76 bits per heavy atom. The molecule has 1 aliphatic rings. The second kappa shape index (κ2) is 5.42. The van der Waals surface area contributed by atoms with Crippen LogP contribution >= 0.6 is 11.6 Å². The minimum absolute atomic E-state index is 0.420. The fraction of sp³-hybridized carbons (Fsp3) is 0.500. The number of nitrogens with zero attached hydrogens (tertiary/aromatic N) is 1. The monoisotopic (exact) mass is 248 g/mol. The summed E-state index contributed by atoms with van der Waals surface area (Å²) < 4.78 is 0. The van der Waals surface area contributed by atoms with Gasteiger partial charge in [-0.25, -0.2) is 0 Å². The van der Waals surface area contributed by atoms with Crippen molar-refractivity contribution < 1.29 is 0 Å². The quantitative estimate of drug-likeness (QED) is 0.870. The zero-order valence-corrected chi connectivity index (χ0v) is 10.8. The summed E-state index contributed by atoms with van der Waals surface area (Å²) in [4.78, 5) is 0. The first-order valence-electron chi connectivity index (χ1n) is 6.17. The summed E-state index contributed by atoms with van der Waals surface area (Å²) in [6.07, 6.45) is 5.26. The molecule has 0 radical (unpaired) electrons. The number of nitrogens with one attached hydrogen (secondary N) is 1. The molecule has 1 atom stereocenters. The summed E-state index contributed by atoms with van der Waals surface area (Å²) in [5.41, 5.74) is 1.53. The van der Waals surface area contributed by atoms with Crippen LogP contribution in [0.3, 0.4) is 0 Å².